The summed E-state index contributed by atoms with van der Waals surface area (Å²) in [5.41, 5.74) is 0.461. The Morgan fingerprint density at radius 2 is 1.90 bits per heavy atom. The third kappa shape index (κ3) is 5.78. The minimum Gasteiger partial charge on any atom is -0.495 e. The van der Waals surface area contributed by atoms with Crippen molar-refractivity contribution in [1.82, 2.24) is 4.72 Å². The van der Waals surface area contributed by atoms with Crippen molar-refractivity contribution in [1.29, 1.82) is 0 Å². The Kier molecular flexibility index (Phi) is 7.41. The fourth-order valence-electron chi connectivity index (χ4n) is 2.84. The highest BCUT2D eigenvalue weighted by atomic mass is 35.5. The van der Waals surface area contributed by atoms with Crippen LogP contribution in [0.1, 0.15) is 19.3 Å². The van der Waals surface area contributed by atoms with Crippen LogP contribution in [0.3, 0.4) is 0 Å². The third-order valence-corrected chi connectivity index (χ3v) is 6.03. The second-order valence-corrected chi connectivity index (χ2v) is 8.76. The van der Waals surface area contributed by atoms with E-state index in [9.17, 15) is 13.2 Å². The topological polar surface area (TPSA) is 103 Å². The van der Waals surface area contributed by atoms with E-state index in [4.69, 9.17) is 25.8 Å². The van der Waals surface area contributed by atoms with Crippen LogP contribution in [0.2, 0.25) is 5.02 Å². The maximum Gasteiger partial charge on any atom is 0.240 e. The molecule has 1 heterocycles. The molecule has 1 aliphatic rings. The minimum atomic E-state index is -3.73. The van der Waals surface area contributed by atoms with Crippen molar-refractivity contribution in [2.75, 3.05) is 32.2 Å². The van der Waals surface area contributed by atoms with E-state index in [1.54, 1.807) is 24.3 Å². The van der Waals surface area contributed by atoms with Crippen molar-refractivity contribution in [3.05, 3.63) is 41.4 Å². The molecule has 0 atom stereocenters. The first-order chi connectivity index (χ1) is 14.4. The molecule has 8 nitrogen and oxygen atoms in total. The Labute approximate surface area is 180 Å². The number of halogens is 1. The normalized spacial score (nSPS) is 13.4. The van der Waals surface area contributed by atoms with Crippen molar-refractivity contribution >= 4 is 33.2 Å². The van der Waals surface area contributed by atoms with Crippen molar-refractivity contribution in [3.8, 4) is 17.2 Å². The first-order valence-corrected chi connectivity index (χ1v) is 11.3. The number of amides is 1. The van der Waals surface area contributed by atoms with Gasteiger partial charge < -0.3 is 19.5 Å². The third-order valence-electron chi connectivity index (χ3n) is 4.34. The van der Waals surface area contributed by atoms with Crippen LogP contribution in [-0.2, 0) is 14.8 Å². The lowest BCUT2D eigenvalue weighted by Crippen LogP contribution is -2.25. The maximum absolute atomic E-state index is 12.5. The zero-order chi connectivity index (χ0) is 21.6. The molecule has 162 valence electrons. The summed E-state index contributed by atoms with van der Waals surface area (Å²) in [6, 6.07) is 9.40. The zero-order valence-corrected chi connectivity index (χ0v) is 18.0. The van der Waals surface area contributed by atoms with Crippen molar-refractivity contribution in [2.24, 2.45) is 0 Å². The van der Waals surface area contributed by atoms with Crippen LogP contribution in [0.5, 0.6) is 17.2 Å². The summed E-state index contributed by atoms with van der Waals surface area (Å²) < 4.78 is 43.8. The van der Waals surface area contributed by atoms with Gasteiger partial charge in [-0.1, -0.05) is 11.6 Å². The van der Waals surface area contributed by atoms with E-state index < -0.39 is 10.0 Å². The second kappa shape index (κ2) is 10.0. The lowest BCUT2D eigenvalue weighted by atomic mass is 10.2. The van der Waals surface area contributed by atoms with Gasteiger partial charge in [-0.05, 0) is 36.8 Å². The van der Waals surface area contributed by atoms with Gasteiger partial charge in [0.05, 0.1) is 30.9 Å². The lowest BCUT2D eigenvalue weighted by Gasteiger charge is -2.12. The van der Waals surface area contributed by atoms with E-state index in [0.29, 0.717) is 47.6 Å². The van der Waals surface area contributed by atoms with Crippen molar-refractivity contribution in [2.45, 2.75) is 24.2 Å². The van der Waals surface area contributed by atoms with E-state index in [1.807, 2.05) is 0 Å². The van der Waals surface area contributed by atoms with Gasteiger partial charge in [0.15, 0.2) is 11.5 Å². The van der Waals surface area contributed by atoms with Crippen LogP contribution in [-0.4, -0.2) is 41.2 Å². The number of ether oxygens (including phenoxy) is 3. The Balaban J connectivity index is 1.52. The largest absolute Gasteiger partial charge is 0.495 e. The average molecular weight is 455 g/mol. The van der Waals surface area contributed by atoms with Gasteiger partial charge in [0.1, 0.15) is 5.75 Å². The molecule has 3 rings (SSSR count). The van der Waals surface area contributed by atoms with Crippen LogP contribution < -0.4 is 24.2 Å². The minimum absolute atomic E-state index is 0.0832. The summed E-state index contributed by atoms with van der Waals surface area (Å²) >= 11 is 5.95. The summed E-state index contributed by atoms with van der Waals surface area (Å²) in [5, 5.41) is 3.18. The Morgan fingerprint density at radius 3 is 2.67 bits per heavy atom. The number of hydrogen-bond acceptors (Lipinski definition) is 6. The van der Waals surface area contributed by atoms with Gasteiger partial charge in [-0.25, -0.2) is 13.1 Å². The molecule has 0 aromatic heterocycles. The molecule has 2 aromatic carbocycles. The van der Waals surface area contributed by atoms with E-state index in [2.05, 4.69) is 10.0 Å². The van der Waals surface area contributed by atoms with Gasteiger partial charge in [-0.15, -0.1) is 0 Å². The van der Waals surface area contributed by atoms with Gasteiger partial charge in [-0.2, -0.15) is 0 Å². The average Bonchev–Trinajstić information content (AvgIpc) is 2.96. The Hall–Kier alpha value is -2.49. The molecule has 2 aromatic rings. The van der Waals surface area contributed by atoms with Crippen LogP contribution >= 0.6 is 11.6 Å². The predicted molar refractivity (Wildman–Crippen MR) is 113 cm³/mol. The highest BCUT2D eigenvalue weighted by molar-refractivity contribution is 7.89. The van der Waals surface area contributed by atoms with E-state index in [1.165, 1.54) is 19.2 Å². The highest BCUT2D eigenvalue weighted by Gasteiger charge is 2.18. The molecule has 2 N–H and O–H groups in total. The van der Waals surface area contributed by atoms with Gasteiger partial charge in [0.2, 0.25) is 15.9 Å². The maximum atomic E-state index is 12.5. The summed E-state index contributed by atoms with van der Waals surface area (Å²) in [6.07, 6.45) is 1.18. The molecule has 0 bridgehead atoms. The SMILES string of the molecule is COc1ccc(Cl)cc1NC(=O)CCCNS(=O)(=O)c1ccc2c(c1)OCCCO2. The molecule has 1 aliphatic heterocycles. The van der Waals surface area contributed by atoms with E-state index in [-0.39, 0.29) is 23.8 Å². The van der Waals surface area contributed by atoms with Crippen molar-refractivity contribution < 1.29 is 27.4 Å². The number of benzene rings is 2. The zero-order valence-electron chi connectivity index (χ0n) is 16.4. The predicted octanol–water partition coefficient (Wildman–Crippen LogP) is 3.21. The highest BCUT2D eigenvalue weighted by Crippen LogP contribution is 2.32. The lowest BCUT2D eigenvalue weighted by molar-refractivity contribution is -0.116. The summed E-state index contributed by atoms with van der Waals surface area (Å²) in [6.45, 7) is 1.10. The Bertz CT molecular complexity index is 1010. The summed E-state index contributed by atoms with van der Waals surface area (Å²) in [4.78, 5) is 12.2. The molecule has 0 fully saturated rings. The second-order valence-electron chi connectivity index (χ2n) is 6.55. The number of anilines is 1. The van der Waals surface area contributed by atoms with Crippen LogP contribution in [0, 0.1) is 0 Å². The molecule has 30 heavy (non-hydrogen) atoms. The number of fused-ring (bicyclic) bond motifs is 1. The molecule has 0 aliphatic carbocycles. The number of hydrogen-bond donors (Lipinski definition) is 2. The standard InChI is InChI=1S/C20H23ClN2O6S/c1-27-17-7-5-14(21)12-16(17)23-20(24)4-2-9-22-30(25,26)15-6-8-18-19(13-15)29-11-3-10-28-18/h5-8,12-13,22H,2-4,9-11H2,1H3,(H,23,24). The molecule has 1 amide bonds. The van der Waals surface area contributed by atoms with E-state index in [0.717, 1.165) is 6.42 Å². The molecule has 10 heteroatoms. The molecule has 0 saturated heterocycles. The van der Waals surface area contributed by atoms with Crippen LogP contribution in [0.15, 0.2) is 41.3 Å². The van der Waals surface area contributed by atoms with Crippen LogP contribution in [0.4, 0.5) is 5.69 Å². The summed E-state index contributed by atoms with van der Waals surface area (Å²) in [7, 11) is -2.24. The fraction of sp³-hybridized carbons (Fsp3) is 0.350. The number of carbonyl (C=O) groups is 1. The summed E-state index contributed by atoms with van der Waals surface area (Å²) in [5.74, 6) is 1.15. The number of methoxy groups -OCH3 is 1. The molecule has 0 spiro atoms. The van der Waals surface area contributed by atoms with Gasteiger partial charge in [0.25, 0.3) is 0 Å². The molecular formula is C20H23ClN2O6S. The first-order valence-electron chi connectivity index (χ1n) is 9.42. The van der Waals surface area contributed by atoms with Gasteiger partial charge in [-0.3, -0.25) is 4.79 Å². The van der Waals surface area contributed by atoms with Crippen molar-refractivity contribution in [3.63, 3.8) is 0 Å². The first kappa shape index (κ1) is 22.2. The smallest absolute Gasteiger partial charge is 0.240 e. The quantitative estimate of drug-likeness (QED) is 0.594. The van der Waals surface area contributed by atoms with Gasteiger partial charge >= 0.3 is 0 Å². The number of carbonyl (C=O) groups excluding carboxylic acids is 1. The molecular weight excluding hydrogens is 432 g/mol. The Morgan fingerprint density at radius 1 is 1.13 bits per heavy atom. The monoisotopic (exact) mass is 454 g/mol. The number of rotatable bonds is 8. The molecule has 0 radical (unpaired) electrons. The number of nitrogens with one attached hydrogen (secondary N) is 2. The molecule has 0 saturated carbocycles. The van der Waals surface area contributed by atoms with E-state index >= 15 is 0 Å². The number of sulfonamides is 1. The fourth-order valence-corrected chi connectivity index (χ4v) is 4.10. The van der Waals surface area contributed by atoms with Gasteiger partial charge in [0, 0.05) is 30.5 Å². The molecule has 0 unspecified atom stereocenters. The van der Waals surface area contributed by atoms with Crippen LogP contribution in [0.25, 0.3) is 0 Å².